The number of hydrogen-bond donors (Lipinski definition) is 0. The second-order valence-corrected chi connectivity index (χ2v) is 7.06. The van der Waals surface area contributed by atoms with Gasteiger partial charge in [0.15, 0.2) is 11.5 Å². The predicted octanol–water partition coefficient (Wildman–Crippen LogP) is 6.61. The van der Waals surface area contributed by atoms with E-state index in [-0.39, 0.29) is 11.8 Å². The highest BCUT2D eigenvalue weighted by molar-refractivity contribution is 5.72. The Morgan fingerprint density at radius 2 is 1.21 bits per heavy atom. The van der Waals surface area contributed by atoms with Gasteiger partial charge in [0.2, 0.25) is 11.8 Å². The van der Waals surface area contributed by atoms with Crippen molar-refractivity contribution in [3.63, 3.8) is 0 Å². The van der Waals surface area contributed by atoms with Crippen molar-refractivity contribution in [3.05, 3.63) is 83.4 Å². The maximum atomic E-state index is 12.7. The van der Waals surface area contributed by atoms with E-state index in [1.165, 1.54) is 12.1 Å². The fourth-order valence-electron chi connectivity index (χ4n) is 3.14. The molecule has 4 aromatic rings. The first-order chi connectivity index (χ1) is 15.9. The molecule has 3 aromatic carbocycles. The molecule has 0 fully saturated rings. The quantitative estimate of drug-likeness (QED) is 0.308. The van der Waals surface area contributed by atoms with E-state index in [2.05, 4.69) is 10.2 Å². The molecule has 0 saturated heterocycles. The minimum absolute atomic E-state index is 0.149. The van der Waals surface area contributed by atoms with Crippen molar-refractivity contribution in [2.24, 2.45) is 0 Å². The first-order valence-electron chi connectivity index (χ1n) is 9.89. The van der Waals surface area contributed by atoms with Crippen LogP contribution < -0.4 is 9.47 Å². The normalized spacial score (nSPS) is 11.7. The van der Waals surface area contributed by atoms with Crippen LogP contribution in [0, 0.1) is 0 Å². The van der Waals surface area contributed by atoms with Crippen LogP contribution in [0.1, 0.15) is 16.7 Å². The Kier molecular flexibility index (Phi) is 6.17. The third-order valence-electron chi connectivity index (χ3n) is 4.92. The van der Waals surface area contributed by atoms with Crippen molar-refractivity contribution >= 4 is 12.2 Å². The van der Waals surface area contributed by atoms with E-state index in [4.69, 9.17) is 13.9 Å². The molecule has 0 N–H and O–H groups in total. The van der Waals surface area contributed by atoms with Crippen molar-refractivity contribution in [1.29, 1.82) is 0 Å². The Morgan fingerprint density at radius 3 is 1.76 bits per heavy atom. The molecule has 0 amide bonds. The average molecular weight is 452 g/mol. The fourth-order valence-corrected chi connectivity index (χ4v) is 3.14. The van der Waals surface area contributed by atoms with Crippen LogP contribution in [0.4, 0.5) is 13.2 Å². The molecule has 5 nitrogen and oxygen atoms in total. The van der Waals surface area contributed by atoms with Crippen molar-refractivity contribution in [1.82, 2.24) is 10.2 Å². The van der Waals surface area contributed by atoms with Gasteiger partial charge >= 0.3 is 6.18 Å². The van der Waals surface area contributed by atoms with E-state index in [0.29, 0.717) is 22.6 Å². The smallest absolute Gasteiger partial charge is 0.416 e. The lowest BCUT2D eigenvalue weighted by Gasteiger charge is -2.07. The SMILES string of the molecule is COc1ccc(/C=C/c2ccc(-c3nnc(-c4ccc(C(F)(F)F)cc4)o3)cc2)cc1OC. The first-order valence-corrected chi connectivity index (χ1v) is 9.89. The molecule has 33 heavy (non-hydrogen) atoms. The first kappa shape index (κ1) is 22.1. The highest BCUT2D eigenvalue weighted by Gasteiger charge is 2.30. The number of alkyl halides is 3. The van der Waals surface area contributed by atoms with Gasteiger partial charge in [-0.2, -0.15) is 13.2 Å². The van der Waals surface area contributed by atoms with Gasteiger partial charge in [-0.3, -0.25) is 0 Å². The second-order valence-electron chi connectivity index (χ2n) is 7.06. The summed E-state index contributed by atoms with van der Waals surface area (Å²) < 4.78 is 54.4. The lowest BCUT2D eigenvalue weighted by Crippen LogP contribution is -2.03. The van der Waals surface area contributed by atoms with E-state index in [1.807, 2.05) is 54.6 Å². The molecule has 0 radical (unpaired) electrons. The Balaban J connectivity index is 1.48. The Labute approximate surface area is 188 Å². The molecule has 0 aliphatic heterocycles. The highest BCUT2D eigenvalue weighted by atomic mass is 19.4. The van der Waals surface area contributed by atoms with Crippen LogP contribution in [0.25, 0.3) is 35.1 Å². The molecule has 0 aliphatic rings. The van der Waals surface area contributed by atoms with Gasteiger partial charge in [-0.1, -0.05) is 30.4 Å². The molecule has 1 aromatic heterocycles. The summed E-state index contributed by atoms with van der Waals surface area (Å²) in [5.74, 6) is 1.74. The summed E-state index contributed by atoms with van der Waals surface area (Å²) in [5.41, 5.74) is 2.29. The van der Waals surface area contributed by atoms with E-state index in [1.54, 1.807) is 14.2 Å². The van der Waals surface area contributed by atoms with Crippen LogP contribution in [0.15, 0.2) is 71.1 Å². The van der Waals surface area contributed by atoms with Gasteiger partial charge in [-0.25, -0.2) is 0 Å². The maximum Gasteiger partial charge on any atom is 0.416 e. The van der Waals surface area contributed by atoms with Gasteiger partial charge in [-0.05, 0) is 59.7 Å². The third kappa shape index (κ3) is 5.06. The van der Waals surface area contributed by atoms with Gasteiger partial charge in [0, 0.05) is 11.1 Å². The van der Waals surface area contributed by atoms with Crippen molar-refractivity contribution in [2.75, 3.05) is 14.2 Å². The number of aromatic nitrogens is 2. The summed E-state index contributed by atoms with van der Waals surface area (Å²) >= 11 is 0. The highest BCUT2D eigenvalue weighted by Crippen LogP contribution is 2.32. The molecule has 168 valence electrons. The molecule has 0 atom stereocenters. The second kappa shape index (κ2) is 9.20. The van der Waals surface area contributed by atoms with Crippen LogP contribution in [-0.2, 0) is 6.18 Å². The molecule has 4 rings (SSSR count). The number of halogens is 3. The standard InChI is InChI=1S/C25H19F3N2O3/c1-31-21-14-7-17(15-22(21)32-2)4-3-16-5-8-18(9-6-16)23-29-30-24(33-23)19-10-12-20(13-11-19)25(26,27)28/h3-15H,1-2H3/b4-3+. The maximum absolute atomic E-state index is 12.7. The van der Waals surface area contributed by atoms with Gasteiger partial charge in [0.1, 0.15) is 0 Å². The molecule has 0 saturated carbocycles. The van der Waals surface area contributed by atoms with Gasteiger partial charge < -0.3 is 13.9 Å². The summed E-state index contributed by atoms with van der Waals surface area (Å²) in [6, 6.07) is 17.7. The van der Waals surface area contributed by atoms with Gasteiger partial charge in [0.05, 0.1) is 19.8 Å². The van der Waals surface area contributed by atoms with Crippen LogP contribution >= 0.6 is 0 Å². The van der Waals surface area contributed by atoms with E-state index in [9.17, 15) is 13.2 Å². The minimum atomic E-state index is -4.39. The predicted molar refractivity (Wildman–Crippen MR) is 119 cm³/mol. The number of methoxy groups -OCH3 is 2. The van der Waals surface area contributed by atoms with E-state index < -0.39 is 11.7 Å². The zero-order valence-corrected chi connectivity index (χ0v) is 17.8. The number of benzene rings is 3. The lowest BCUT2D eigenvalue weighted by atomic mass is 10.1. The molecule has 0 bridgehead atoms. The fraction of sp³-hybridized carbons (Fsp3) is 0.120. The van der Waals surface area contributed by atoms with Crippen molar-refractivity contribution in [2.45, 2.75) is 6.18 Å². The summed E-state index contributed by atoms with van der Waals surface area (Å²) in [4.78, 5) is 0. The monoisotopic (exact) mass is 452 g/mol. The summed E-state index contributed by atoms with van der Waals surface area (Å²) in [7, 11) is 3.18. The van der Waals surface area contributed by atoms with Crippen LogP contribution in [0.2, 0.25) is 0 Å². The molecule has 0 spiro atoms. The molecular formula is C25H19F3N2O3. The Morgan fingerprint density at radius 1 is 0.697 bits per heavy atom. The Hall–Kier alpha value is -4.07. The Bertz CT molecular complexity index is 1260. The molecule has 0 unspecified atom stereocenters. The number of hydrogen-bond acceptors (Lipinski definition) is 5. The number of ether oxygens (including phenoxy) is 2. The minimum Gasteiger partial charge on any atom is -0.493 e. The van der Waals surface area contributed by atoms with Crippen molar-refractivity contribution < 1.29 is 27.1 Å². The van der Waals surface area contributed by atoms with Gasteiger partial charge in [-0.15, -0.1) is 10.2 Å². The number of nitrogens with zero attached hydrogens (tertiary/aromatic N) is 2. The summed E-state index contributed by atoms with van der Waals surface area (Å²) in [6.45, 7) is 0. The topological polar surface area (TPSA) is 57.4 Å². The van der Waals surface area contributed by atoms with Crippen molar-refractivity contribution in [3.8, 4) is 34.4 Å². The number of rotatable bonds is 6. The zero-order chi connectivity index (χ0) is 23.4. The third-order valence-corrected chi connectivity index (χ3v) is 4.92. The summed E-state index contributed by atoms with van der Waals surface area (Å²) in [6.07, 6.45) is -0.493. The summed E-state index contributed by atoms with van der Waals surface area (Å²) in [5, 5.41) is 7.96. The molecule has 1 heterocycles. The molecule has 0 aliphatic carbocycles. The van der Waals surface area contributed by atoms with Crippen LogP contribution in [0.3, 0.4) is 0 Å². The molecular weight excluding hydrogens is 433 g/mol. The van der Waals surface area contributed by atoms with Crippen LogP contribution in [-0.4, -0.2) is 24.4 Å². The average Bonchev–Trinajstić information content (AvgIpc) is 3.33. The molecule has 8 heteroatoms. The lowest BCUT2D eigenvalue weighted by molar-refractivity contribution is -0.137. The van der Waals surface area contributed by atoms with Crippen LogP contribution in [0.5, 0.6) is 11.5 Å². The van der Waals surface area contributed by atoms with E-state index in [0.717, 1.165) is 23.3 Å². The van der Waals surface area contributed by atoms with Gasteiger partial charge in [0.25, 0.3) is 0 Å². The zero-order valence-electron chi connectivity index (χ0n) is 17.8. The largest absolute Gasteiger partial charge is 0.493 e. The van der Waals surface area contributed by atoms with E-state index >= 15 is 0 Å².